The smallest absolute Gasteiger partial charge is 0.329 e. The molecule has 5 rings (SSSR count). The van der Waals surface area contributed by atoms with Gasteiger partial charge in [-0.3, -0.25) is 20.1 Å². The average Bonchev–Trinajstić information content (AvgIpc) is 3.32. The molecule has 166 valence electrons. The van der Waals surface area contributed by atoms with Gasteiger partial charge in [0.1, 0.15) is 12.5 Å². The predicted molar refractivity (Wildman–Crippen MR) is 112 cm³/mol. The van der Waals surface area contributed by atoms with E-state index in [1.807, 2.05) is 23.4 Å². The van der Waals surface area contributed by atoms with Gasteiger partial charge in [-0.05, 0) is 30.4 Å². The van der Waals surface area contributed by atoms with E-state index in [0.29, 0.717) is 37.1 Å². The number of rotatable bonds is 4. The van der Waals surface area contributed by atoms with Gasteiger partial charge in [0.25, 0.3) is 0 Å². The van der Waals surface area contributed by atoms with Gasteiger partial charge in [-0.2, -0.15) is 0 Å². The molecule has 4 heterocycles. The van der Waals surface area contributed by atoms with E-state index < -0.39 is 5.92 Å². The number of pyridine rings is 1. The molecule has 3 aliphatic heterocycles. The van der Waals surface area contributed by atoms with Crippen molar-refractivity contribution in [2.24, 2.45) is 16.8 Å². The third kappa shape index (κ3) is 4.15. The molecule has 1 saturated heterocycles. The number of amides is 2. The summed E-state index contributed by atoms with van der Waals surface area (Å²) >= 11 is 0. The second kappa shape index (κ2) is 7.85. The van der Waals surface area contributed by atoms with E-state index in [2.05, 4.69) is 28.2 Å². The van der Waals surface area contributed by atoms with Crippen molar-refractivity contribution in [3.63, 3.8) is 0 Å². The Morgan fingerprint density at radius 1 is 1.26 bits per heavy atom. The normalized spacial score (nSPS) is 28.9. The van der Waals surface area contributed by atoms with Gasteiger partial charge in [-0.25, -0.2) is 18.6 Å². The van der Waals surface area contributed by atoms with Crippen molar-refractivity contribution in [2.45, 2.75) is 51.1 Å². The second-order valence-electron chi connectivity index (χ2n) is 9.22. The Labute approximate surface area is 180 Å². The zero-order valence-corrected chi connectivity index (χ0v) is 17.7. The fourth-order valence-corrected chi connectivity index (χ4v) is 5.14. The Kier molecular flexibility index (Phi) is 5.16. The van der Waals surface area contributed by atoms with Gasteiger partial charge in [-0.1, -0.05) is 13.0 Å². The maximum Gasteiger partial charge on any atom is 0.329 e. The summed E-state index contributed by atoms with van der Waals surface area (Å²) in [6.07, 6.45) is 6.22. The first-order chi connectivity index (χ1) is 14.9. The molecule has 1 N–H and O–H groups in total. The standard InChI is InChI=1S/C22H28F2N6O/c1-15-10-28(11-16-3-2-8-25-9-16)12-18(15)20-26-19-13-29(14-30(19)21(31)27-20)17-4-6-22(23,24)7-5-17/h2-3,8-9,13,15,17-18H,4-7,10-12,14H2,1H3,(H,26,27,31). The summed E-state index contributed by atoms with van der Waals surface area (Å²) in [6, 6.07) is 3.86. The molecule has 9 heteroatoms. The lowest BCUT2D eigenvalue weighted by Crippen LogP contribution is -2.50. The minimum Gasteiger partial charge on any atom is -0.353 e. The number of amidine groups is 1. The zero-order chi connectivity index (χ0) is 21.6. The zero-order valence-electron chi connectivity index (χ0n) is 17.7. The summed E-state index contributed by atoms with van der Waals surface area (Å²) in [7, 11) is 0. The number of alkyl halides is 2. The predicted octanol–water partition coefficient (Wildman–Crippen LogP) is 3.22. The Morgan fingerprint density at radius 2 is 2.06 bits per heavy atom. The third-order valence-corrected chi connectivity index (χ3v) is 6.90. The van der Waals surface area contributed by atoms with Crippen LogP contribution < -0.4 is 5.32 Å². The number of hydrogen-bond donors (Lipinski definition) is 1. The van der Waals surface area contributed by atoms with Crippen LogP contribution in [0.3, 0.4) is 0 Å². The molecule has 0 spiro atoms. The van der Waals surface area contributed by atoms with Crippen molar-refractivity contribution in [1.82, 2.24) is 25.0 Å². The molecule has 0 bridgehead atoms. The minimum atomic E-state index is -2.56. The van der Waals surface area contributed by atoms with E-state index in [1.54, 1.807) is 11.1 Å². The van der Waals surface area contributed by atoms with Crippen LogP contribution in [0, 0.1) is 11.8 Å². The Morgan fingerprint density at radius 3 is 2.81 bits per heavy atom. The lowest BCUT2D eigenvalue weighted by Gasteiger charge is -2.35. The number of fused-ring (bicyclic) bond motifs is 1. The van der Waals surface area contributed by atoms with E-state index in [0.717, 1.165) is 19.6 Å². The maximum atomic E-state index is 13.5. The Bertz CT molecular complexity index is 895. The van der Waals surface area contributed by atoms with Gasteiger partial charge in [0, 0.05) is 63.0 Å². The number of halogens is 2. The number of hydrogen-bond acceptors (Lipinski definition) is 5. The molecule has 1 saturated carbocycles. The van der Waals surface area contributed by atoms with Crippen LogP contribution in [-0.4, -0.2) is 63.3 Å². The van der Waals surface area contributed by atoms with E-state index in [1.165, 1.54) is 5.56 Å². The van der Waals surface area contributed by atoms with Crippen LogP contribution >= 0.6 is 0 Å². The molecule has 7 nitrogen and oxygen atoms in total. The molecule has 1 aromatic rings. The monoisotopic (exact) mass is 430 g/mol. The van der Waals surface area contributed by atoms with E-state index in [9.17, 15) is 13.6 Å². The lowest BCUT2D eigenvalue weighted by atomic mass is 9.91. The first-order valence-electron chi connectivity index (χ1n) is 11.0. The molecule has 31 heavy (non-hydrogen) atoms. The lowest BCUT2D eigenvalue weighted by molar-refractivity contribution is -0.0500. The van der Waals surface area contributed by atoms with E-state index in [-0.39, 0.29) is 30.8 Å². The van der Waals surface area contributed by atoms with Crippen LogP contribution in [0.2, 0.25) is 0 Å². The first kappa shape index (κ1) is 20.4. The number of nitrogens with zero attached hydrogens (tertiary/aromatic N) is 5. The van der Waals surface area contributed by atoms with Crippen molar-refractivity contribution in [2.75, 3.05) is 19.8 Å². The second-order valence-corrected chi connectivity index (χ2v) is 9.22. The van der Waals surface area contributed by atoms with Crippen LogP contribution in [0.25, 0.3) is 0 Å². The van der Waals surface area contributed by atoms with Gasteiger partial charge in [-0.15, -0.1) is 0 Å². The number of carbonyl (C=O) groups excluding carboxylic acids is 1. The fourth-order valence-electron chi connectivity index (χ4n) is 5.14. The third-order valence-electron chi connectivity index (χ3n) is 6.90. The molecule has 0 aromatic carbocycles. The summed E-state index contributed by atoms with van der Waals surface area (Å²) in [5.74, 6) is -0.717. The molecule has 4 aliphatic rings. The number of aromatic nitrogens is 1. The van der Waals surface area contributed by atoms with Crippen LogP contribution in [-0.2, 0) is 6.54 Å². The number of likely N-dealkylation sites (tertiary alicyclic amines) is 1. The van der Waals surface area contributed by atoms with Crippen LogP contribution in [0.4, 0.5) is 13.6 Å². The van der Waals surface area contributed by atoms with Gasteiger partial charge in [0.15, 0.2) is 5.82 Å². The van der Waals surface area contributed by atoms with Gasteiger partial charge >= 0.3 is 6.03 Å². The summed E-state index contributed by atoms with van der Waals surface area (Å²) < 4.78 is 27.0. The SMILES string of the molecule is CC1CN(Cc2cccnc2)CC1C1=NC2=CN(C3CCC(F)(F)CC3)CN2C(=O)N1. The molecule has 1 aliphatic carbocycles. The molecule has 2 amide bonds. The Balaban J connectivity index is 1.28. The molecule has 0 radical (unpaired) electrons. The van der Waals surface area contributed by atoms with Gasteiger partial charge < -0.3 is 4.90 Å². The first-order valence-corrected chi connectivity index (χ1v) is 11.0. The van der Waals surface area contributed by atoms with Gasteiger partial charge in [0.2, 0.25) is 5.92 Å². The minimum absolute atomic E-state index is 0.0320. The summed E-state index contributed by atoms with van der Waals surface area (Å²) in [6.45, 7) is 5.14. The van der Waals surface area contributed by atoms with Crippen LogP contribution in [0.5, 0.6) is 0 Å². The van der Waals surface area contributed by atoms with Crippen molar-refractivity contribution in [3.8, 4) is 0 Å². The number of nitrogens with one attached hydrogen (secondary N) is 1. The number of urea groups is 1. The molecule has 2 unspecified atom stereocenters. The van der Waals surface area contributed by atoms with Crippen molar-refractivity contribution in [3.05, 3.63) is 42.1 Å². The van der Waals surface area contributed by atoms with Crippen LogP contribution in [0.15, 0.2) is 41.5 Å². The fraction of sp³-hybridized carbons (Fsp3) is 0.591. The summed E-state index contributed by atoms with van der Waals surface area (Å²) in [5, 5.41) is 2.99. The molecular weight excluding hydrogens is 402 g/mol. The topological polar surface area (TPSA) is 64.1 Å². The average molecular weight is 431 g/mol. The highest BCUT2D eigenvalue weighted by molar-refractivity contribution is 6.02. The molecular formula is C22H28F2N6O. The van der Waals surface area contributed by atoms with Crippen molar-refractivity contribution >= 4 is 11.9 Å². The highest BCUT2D eigenvalue weighted by Crippen LogP contribution is 2.37. The molecule has 1 aromatic heterocycles. The van der Waals surface area contributed by atoms with Gasteiger partial charge in [0.05, 0.1) is 0 Å². The molecule has 2 atom stereocenters. The quantitative estimate of drug-likeness (QED) is 0.797. The molecule has 2 fully saturated rings. The van der Waals surface area contributed by atoms with Crippen LogP contribution in [0.1, 0.15) is 38.2 Å². The van der Waals surface area contributed by atoms with Crippen molar-refractivity contribution < 1.29 is 13.6 Å². The highest BCUT2D eigenvalue weighted by atomic mass is 19.3. The summed E-state index contributed by atoms with van der Waals surface area (Å²) in [4.78, 5) is 27.7. The number of carbonyl (C=O) groups is 1. The summed E-state index contributed by atoms with van der Waals surface area (Å²) in [5.41, 5.74) is 1.17. The van der Waals surface area contributed by atoms with Crippen molar-refractivity contribution in [1.29, 1.82) is 0 Å². The van der Waals surface area contributed by atoms with E-state index >= 15 is 0 Å². The Hall–Kier alpha value is -2.55. The number of aliphatic imine (C=N–C) groups is 1. The largest absolute Gasteiger partial charge is 0.353 e. The van der Waals surface area contributed by atoms with E-state index in [4.69, 9.17) is 4.99 Å². The highest BCUT2D eigenvalue weighted by Gasteiger charge is 2.42. The maximum absolute atomic E-state index is 13.5.